The fourth-order valence-electron chi connectivity index (χ4n) is 3.14. The second-order valence-electron chi connectivity index (χ2n) is 6.34. The van der Waals surface area contributed by atoms with E-state index in [2.05, 4.69) is 40.4 Å². The van der Waals surface area contributed by atoms with Crippen LogP contribution in [0.15, 0.2) is 55.0 Å². The largest absolute Gasteiger partial charge is 0.361 e. The number of imidazole rings is 1. The number of fused-ring (bicyclic) bond motifs is 2. The number of H-pyrrole nitrogens is 1. The van der Waals surface area contributed by atoms with E-state index in [0.717, 1.165) is 23.3 Å². The number of aryl methyl sites for hydroxylation is 1. The lowest BCUT2D eigenvalue weighted by atomic mass is 10.1. The molecule has 3 heterocycles. The zero-order valence-corrected chi connectivity index (χ0v) is 14.1. The van der Waals surface area contributed by atoms with Crippen LogP contribution in [0.1, 0.15) is 16.8 Å². The lowest BCUT2D eigenvalue weighted by Gasteiger charge is -2.04. The van der Waals surface area contributed by atoms with Gasteiger partial charge in [-0.05, 0) is 42.7 Å². The number of benzene rings is 1. The molecule has 0 aliphatic heterocycles. The highest BCUT2D eigenvalue weighted by atomic mass is 16.1. The summed E-state index contributed by atoms with van der Waals surface area (Å²) in [7, 11) is 0. The molecule has 3 aromatic heterocycles. The van der Waals surface area contributed by atoms with Crippen LogP contribution in [0.4, 0.5) is 0 Å². The Morgan fingerprint density at radius 2 is 2.20 bits per heavy atom. The molecule has 0 atom stereocenters. The van der Waals surface area contributed by atoms with Crippen LogP contribution in [0.5, 0.6) is 0 Å². The van der Waals surface area contributed by atoms with Gasteiger partial charge >= 0.3 is 0 Å². The van der Waals surface area contributed by atoms with E-state index >= 15 is 0 Å². The van der Waals surface area contributed by atoms with E-state index in [9.17, 15) is 4.79 Å². The number of aromatic nitrogens is 3. The number of amides is 1. The van der Waals surface area contributed by atoms with Gasteiger partial charge in [0.1, 0.15) is 5.65 Å². The number of pyridine rings is 1. The number of rotatable bonds is 5. The molecule has 0 radical (unpaired) electrons. The minimum Gasteiger partial charge on any atom is -0.361 e. The first kappa shape index (κ1) is 15.4. The van der Waals surface area contributed by atoms with E-state index in [-0.39, 0.29) is 5.91 Å². The minimum atomic E-state index is -0.000841. The van der Waals surface area contributed by atoms with E-state index in [4.69, 9.17) is 0 Å². The molecule has 4 aromatic rings. The molecule has 0 bridgehead atoms. The predicted octanol–water partition coefficient (Wildman–Crippen LogP) is 3.03. The van der Waals surface area contributed by atoms with Gasteiger partial charge in [0, 0.05) is 36.0 Å². The summed E-state index contributed by atoms with van der Waals surface area (Å²) in [6, 6.07) is 12.2. The van der Waals surface area contributed by atoms with Crippen LogP contribution in [0.2, 0.25) is 0 Å². The molecule has 5 nitrogen and oxygen atoms in total. The molecule has 126 valence electrons. The molecule has 4 rings (SSSR count). The Kier molecular flexibility index (Phi) is 3.98. The third-order valence-electron chi connectivity index (χ3n) is 4.39. The predicted molar refractivity (Wildman–Crippen MR) is 98.6 cm³/mol. The van der Waals surface area contributed by atoms with E-state index in [1.807, 2.05) is 41.2 Å². The first-order chi connectivity index (χ1) is 12.2. The number of hydrogen-bond donors (Lipinski definition) is 2. The summed E-state index contributed by atoms with van der Waals surface area (Å²) < 4.78 is 1.93. The summed E-state index contributed by atoms with van der Waals surface area (Å²) in [5, 5.41) is 4.21. The van der Waals surface area contributed by atoms with Crippen LogP contribution in [0.25, 0.3) is 16.6 Å². The van der Waals surface area contributed by atoms with E-state index in [1.165, 1.54) is 16.5 Å². The highest BCUT2D eigenvalue weighted by Gasteiger charge is 2.08. The van der Waals surface area contributed by atoms with Gasteiger partial charge in [0.15, 0.2) is 0 Å². The Labute approximate surface area is 145 Å². The van der Waals surface area contributed by atoms with Crippen molar-refractivity contribution in [2.24, 2.45) is 0 Å². The molecule has 2 N–H and O–H groups in total. The summed E-state index contributed by atoms with van der Waals surface area (Å²) in [6.07, 6.45) is 6.96. The molecule has 0 saturated carbocycles. The van der Waals surface area contributed by atoms with E-state index < -0.39 is 0 Å². The molecule has 25 heavy (non-hydrogen) atoms. The van der Waals surface area contributed by atoms with Crippen molar-refractivity contribution in [2.45, 2.75) is 19.8 Å². The van der Waals surface area contributed by atoms with Crippen molar-refractivity contribution < 1.29 is 4.79 Å². The van der Waals surface area contributed by atoms with Gasteiger partial charge in [0.25, 0.3) is 0 Å². The molecule has 5 heteroatoms. The minimum absolute atomic E-state index is 0.000841. The summed E-state index contributed by atoms with van der Waals surface area (Å²) in [5.74, 6) is -0.000841. The summed E-state index contributed by atoms with van der Waals surface area (Å²) in [6.45, 7) is 2.70. The molecular formula is C20H20N4O. The van der Waals surface area contributed by atoms with Crippen LogP contribution in [-0.4, -0.2) is 26.8 Å². The SMILES string of the molecule is Cc1ccc2c(CCNC(=O)Cc3cn4ccccc4n3)c[nH]c2c1. The van der Waals surface area contributed by atoms with Gasteiger partial charge in [-0.1, -0.05) is 18.2 Å². The van der Waals surface area contributed by atoms with Crippen LogP contribution < -0.4 is 5.32 Å². The monoisotopic (exact) mass is 332 g/mol. The number of carbonyl (C=O) groups is 1. The number of carbonyl (C=O) groups excluding carboxylic acids is 1. The fraction of sp³-hybridized carbons (Fsp3) is 0.200. The smallest absolute Gasteiger partial charge is 0.226 e. The molecule has 1 amide bonds. The van der Waals surface area contributed by atoms with Crippen molar-refractivity contribution >= 4 is 22.5 Å². The first-order valence-electron chi connectivity index (χ1n) is 8.45. The van der Waals surface area contributed by atoms with Crippen molar-refractivity contribution in [3.8, 4) is 0 Å². The lowest BCUT2D eigenvalue weighted by Crippen LogP contribution is -2.27. The highest BCUT2D eigenvalue weighted by molar-refractivity contribution is 5.84. The van der Waals surface area contributed by atoms with Gasteiger partial charge in [0.2, 0.25) is 5.91 Å². The molecule has 0 saturated heterocycles. The maximum atomic E-state index is 12.2. The van der Waals surface area contributed by atoms with Crippen LogP contribution >= 0.6 is 0 Å². The van der Waals surface area contributed by atoms with Gasteiger partial charge in [0.05, 0.1) is 12.1 Å². The van der Waals surface area contributed by atoms with E-state index in [0.29, 0.717) is 13.0 Å². The second-order valence-corrected chi connectivity index (χ2v) is 6.34. The number of hydrogen-bond acceptors (Lipinski definition) is 2. The first-order valence-corrected chi connectivity index (χ1v) is 8.45. The molecule has 1 aromatic carbocycles. The average Bonchev–Trinajstić information content (AvgIpc) is 3.17. The van der Waals surface area contributed by atoms with Crippen LogP contribution in [0.3, 0.4) is 0 Å². The van der Waals surface area contributed by atoms with Crippen LogP contribution in [0, 0.1) is 6.92 Å². The molecule has 0 fully saturated rings. The third-order valence-corrected chi connectivity index (χ3v) is 4.39. The van der Waals surface area contributed by atoms with Gasteiger partial charge in [-0.2, -0.15) is 0 Å². The summed E-state index contributed by atoms with van der Waals surface area (Å²) in [5.41, 5.74) is 5.25. The molecule has 0 aliphatic rings. The summed E-state index contributed by atoms with van der Waals surface area (Å²) in [4.78, 5) is 19.9. The third kappa shape index (κ3) is 3.26. The Morgan fingerprint density at radius 1 is 1.28 bits per heavy atom. The van der Waals surface area contributed by atoms with Gasteiger partial charge in [-0.3, -0.25) is 4.79 Å². The second kappa shape index (κ2) is 6.43. The Morgan fingerprint density at radius 3 is 3.08 bits per heavy atom. The van der Waals surface area contributed by atoms with Gasteiger partial charge in [-0.25, -0.2) is 4.98 Å². The van der Waals surface area contributed by atoms with Gasteiger partial charge < -0.3 is 14.7 Å². The van der Waals surface area contributed by atoms with E-state index in [1.54, 1.807) is 0 Å². The summed E-state index contributed by atoms with van der Waals surface area (Å²) >= 11 is 0. The topological polar surface area (TPSA) is 62.2 Å². The van der Waals surface area contributed by atoms with Crippen molar-refractivity contribution in [1.82, 2.24) is 19.7 Å². The maximum Gasteiger partial charge on any atom is 0.226 e. The molecule has 0 aliphatic carbocycles. The van der Waals surface area contributed by atoms with Crippen molar-refractivity contribution in [3.05, 3.63) is 71.8 Å². The van der Waals surface area contributed by atoms with Crippen LogP contribution in [-0.2, 0) is 17.6 Å². The lowest BCUT2D eigenvalue weighted by molar-refractivity contribution is -0.120. The Balaban J connectivity index is 1.35. The average molecular weight is 332 g/mol. The Hall–Kier alpha value is -3.08. The number of nitrogens with zero attached hydrogens (tertiary/aromatic N) is 2. The normalized spacial score (nSPS) is 11.2. The number of nitrogens with one attached hydrogen (secondary N) is 2. The van der Waals surface area contributed by atoms with Crippen molar-refractivity contribution in [1.29, 1.82) is 0 Å². The zero-order valence-electron chi connectivity index (χ0n) is 14.1. The highest BCUT2D eigenvalue weighted by Crippen LogP contribution is 2.19. The molecular weight excluding hydrogens is 312 g/mol. The zero-order chi connectivity index (χ0) is 17.2. The van der Waals surface area contributed by atoms with Crippen molar-refractivity contribution in [3.63, 3.8) is 0 Å². The van der Waals surface area contributed by atoms with Gasteiger partial charge in [-0.15, -0.1) is 0 Å². The van der Waals surface area contributed by atoms with Crippen molar-refractivity contribution in [2.75, 3.05) is 6.54 Å². The quantitative estimate of drug-likeness (QED) is 0.590. The molecule has 0 unspecified atom stereocenters. The molecule has 0 spiro atoms. The number of aromatic amines is 1. The standard InChI is InChI=1S/C20H20N4O/c1-14-5-6-17-15(12-22-18(17)10-14)7-8-21-20(25)11-16-13-24-9-3-2-4-19(24)23-16/h2-6,9-10,12-13,22H,7-8,11H2,1H3,(H,21,25). The fourth-order valence-corrected chi connectivity index (χ4v) is 3.14. The Bertz CT molecular complexity index is 1010. The maximum absolute atomic E-state index is 12.2.